The fourth-order valence-electron chi connectivity index (χ4n) is 5.87. The third kappa shape index (κ3) is 8.84. The van der Waals surface area contributed by atoms with Crippen molar-refractivity contribution in [2.75, 3.05) is 40.6 Å². The largest absolute Gasteiger partial charge is 0.504 e. The molecule has 0 saturated carbocycles. The molecular formula is C32H46O16. The Morgan fingerprint density at radius 3 is 1.29 bits per heavy atom. The van der Waals surface area contributed by atoms with Gasteiger partial charge in [-0.2, -0.15) is 0 Å². The summed E-state index contributed by atoms with van der Waals surface area (Å²) >= 11 is 0. The molecule has 4 rings (SSSR count). The van der Waals surface area contributed by atoms with Gasteiger partial charge in [-0.25, -0.2) is 0 Å². The molecule has 270 valence electrons. The van der Waals surface area contributed by atoms with E-state index in [0.29, 0.717) is 11.1 Å². The third-order valence-electron chi connectivity index (χ3n) is 8.80. The van der Waals surface area contributed by atoms with Crippen molar-refractivity contribution in [2.24, 2.45) is 11.8 Å². The van der Waals surface area contributed by atoms with E-state index < -0.39 is 86.5 Å². The fourth-order valence-corrected chi connectivity index (χ4v) is 5.87. The van der Waals surface area contributed by atoms with Gasteiger partial charge in [-0.05, 0) is 60.1 Å². The summed E-state index contributed by atoms with van der Waals surface area (Å²) in [5.41, 5.74) is 1.38. The second kappa shape index (κ2) is 17.2. The van der Waals surface area contributed by atoms with Crippen LogP contribution in [0.15, 0.2) is 36.4 Å². The molecule has 2 aromatic carbocycles. The summed E-state index contributed by atoms with van der Waals surface area (Å²) < 4.78 is 33.6. The molecule has 0 aliphatic carbocycles. The van der Waals surface area contributed by atoms with E-state index >= 15 is 0 Å². The van der Waals surface area contributed by atoms with Crippen LogP contribution in [0.1, 0.15) is 11.1 Å². The van der Waals surface area contributed by atoms with Gasteiger partial charge in [0.15, 0.2) is 35.6 Å². The monoisotopic (exact) mass is 686 g/mol. The van der Waals surface area contributed by atoms with Gasteiger partial charge in [0.25, 0.3) is 0 Å². The van der Waals surface area contributed by atoms with E-state index in [2.05, 4.69) is 0 Å². The maximum atomic E-state index is 10.6. The van der Waals surface area contributed by atoms with Gasteiger partial charge in [0.05, 0.1) is 40.6 Å². The molecule has 16 heteroatoms. The van der Waals surface area contributed by atoms with Gasteiger partial charge in [0.2, 0.25) is 0 Å². The molecule has 2 aromatic rings. The van der Waals surface area contributed by atoms with Crippen molar-refractivity contribution in [1.82, 2.24) is 0 Å². The summed E-state index contributed by atoms with van der Waals surface area (Å²) in [7, 11) is 2.79. The Bertz CT molecular complexity index is 1200. The summed E-state index contributed by atoms with van der Waals surface area (Å²) in [6.07, 6.45) is -14.7. The van der Waals surface area contributed by atoms with E-state index in [0.717, 1.165) is 0 Å². The molecule has 2 fully saturated rings. The second-order valence-electron chi connectivity index (χ2n) is 12.0. The van der Waals surface area contributed by atoms with Crippen molar-refractivity contribution in [3.05, 3.63) is 47.5 Å². The van der Waals surface area contributed by atoms with Crippen LogP contribution in [-0.4, -0.2) is 153 Å². The molecule has 0 amide bonds. The quantitative estimate of drug-likeness (QED) is 0.0951. The van der Waals surface area contributed by atoms with Gasteiger partial charge in [-0.3, -0.25) is 0 Å². The number of rotatable bonds is 15. The molecular weight excluding hydrogens is 640 g/mol. The van der Waals surface area contributed by atoms with E-state index in [1.165, 1.54) is 26.4 Å². The molecule has 0 spiro atoms. The molecule has 16 nitrogen and oxygen atoms in total. The van der Waals surface area contributed by atoms with Crippen molar-refractivity contribution in [3.63, 3.8) is 0 Å². The van der Waals surface area contributed by atoms with Gasteiger partial charge < -0.3 is 79.5 Å². The highest BCUT2D eigenvalue weighted by Crippen LogP contribution is 2.34. The highest BCUT2D eigenvalue weighted by atomic mass is 16.7. The van der Waals surface area contributed by atoms with Crippen LogP contribution in [0.4, 0.5) is 0 Å². The topological polar surface area (TPSA) is 258 Å². The van der Waals surface area contributed by atoms with Crippen LogP contribution in [0.5, 0.6) is 23.0 Å². The van der Waals surface area contributed by atoms with Gasteiger partial charge in [0.1, 0.15) is 48.8 Å². The Morgan fingerprint density at radius 2 is 0.958 bits per heavy atom. The summed E-state index contributed by atoms with van der Waals surface area (Å²) in [6, 6.07) is 9.47. The lowest BCUT2D eigenvalue weighted by molar-refractivity contribution is -0.308. The summed E-state index contributed by atoms with van der Waals surface area (Å²) in [4.78, 5) is 0. The molecule has 48 heavy (non-hydrogen) atoms. The average molecular weight is 687 g/mol. The molecule has 2 heterocycles. The summed E-state index contributed by atoms with van der Waals surface area (Å²) in [5.74, 6) is -0.854. The molecule has 0 bridgehead atoms. The molecule has 10 N–H and O–H groups in total. The Kier molecular flexibility index (Phi) is 13.6. The highest BCUT2D eigenvalue weighted by molar-refractivity contribution is 5.43. The number of benzene rings is 2. The SMILES string of the molecule is COc1cc(C[C@H](CO[C@@H]2O[C@@H](CO)[C@@H](O)[C@H](O)[C@H]2O)[C@@H](CO[C@@H]2O[C@H](CO)[C@@H](O)[C@H](O)[C@H]2O)Cc2ccc(O)c(OC)c2)ccc1O. The van der Waals surface area contributed by atoms with Crippen LogP contribution in [0.2, 0.25) is 0 Å². The van der Waals surface area contributed by atoms with Crippen LogP contribution in [-0.2, 0) is 31.8 Å². The minimum Gasteiger partial charge on any atom is -0.504 e. The van der Waals surface area contributed by atoms with Crippen LogP contribution in [0.25, 0.3) is 0 Å². The van der Waals surface area contributed by atoms with Crippen LogP contribution in [0.3, 0.4) is 0 Å². The van der Waals surface area contributed by atoms with Crippen molar-refractivity contribution in [2.45, 2.75) is 74.3 Å². The number of aliphatic hydroxyl groups excluding tert-OH is 8. The van der Waals surface area contributed by atoms with E-state index in [4.69, 9.17) is 28.4 Å². The standard InChI is InChI=1S/C32H46O16/c1-43-21-9-15(3-5-19(21)35)7-17(13-45-31-29(41)27(39)25(37)23(11-33)47-31)18(8-16-4-6-20(36)22(10-16)44-2)14-46-32-30(42)28(40)26(38)24(12-34)48-32/h3-6,9-10,17-18,23-42H,7-8,11-14H2,1-2H3/t17-,18-,23-,24+,25-,26-,27+,28+,29-,30-,31-,32-/m1/s1. The fraction of sp³-hybridized carbons (Fsp3) is 0.625. The predicted molar refractivity (Wildman–Crippen MR) is 163 cm³/mol. The Labute approximate surface area is 276 Å². The van der Waals surface area contributed by atoms with E-state index in [9.17, 15) is 51.1 Å². The zero-order valence-electron chi connectivity index (χ0n) is 26.6. The zero-order chi connectivity index (χ0) is 35.1. The first-order valence-corrected chi connectivity index (χ1v) is 15.5. The number of phenols is 2. The number of aliphatic hydroxyl groups is 8. The van der Waals surface area contributed by atoms with Crippen LogP contribution < -0.4 is 9.47 Å². The number of hydrogen-bond acceptors (Lipinski definition) is 16. The van der Waals surface area contributed by atoms with Crippen LogP contribution in [0, 0.1) is 11.8 Å². The lowest BCUT2D eigenvalue weighted by Crippen LogP contribution is -2.59. The molecule has 0 unspecified atom stereocenters. The lowest BCUT2D eigenvalue weighted by atomic mass is 9.83. The normalized spacial score (nSPS) is 32.0. The van der Waals surface area contributed by atoms with Crippen molar-refractivity contribution in [1.29, 1.82) is 0 Å². The first kappa shape index (κ1) is 38.0. The predicted octanol–water partition coefficient (Wildman–Crippen LogP) is -2.23. The second-order valence-corrected chi connectivity index (χ2v) is 12.0. The Hall–Kier alpha value is -2.84. The first-order chi connectivity index (χ1) is 22.9. The summed E-state index contributed by atoms with van der Waals surface area (Å²) in [5, 5.41) is 102. The molecule has 0 radical (unpaired) electrons. The Morgan fingerprint density at radius 1 is 0.583 bits per heavy atom. The number of phenolic OH excluding ortho intramolecular Hbond substituents is 2. The Balaban J connectivity index is 1.66. The molecule has 12 atom stereocenters. The molecule has 2 aliphatic rings. The smallest absolute Gasteiger partial charge is 0.186 e. The van der Waals surface area contributed by atoms with Gasteiger partial charge in [-0.15, -0.1) is 0 Å². The highest BCUT2D eigenvalue weighted by Gasteiger charge is 2.46. The maximum Gasteiger partial charge on any atom is 0.186 e. The van der Waals surface area contributed by atoms with Crippen molar-refractivity contribution < 1.29 is 79.5 Å². The third-order valence-corrected chi connectivity index (χ3v) is 8.80. The van der Waals surface area contributed by atoms with E-state index in [1.54, 1.807) is 24.3 Å². The molecule has 2 aliphatic heterocycles. The van der Waals surface area contributed by atoms with E-state index in [-0.39, 0.29) is 49.1 Å². The number of hydrogen-bond donors (Lipinski definition) is 10. The maximum absolute atomic E-state index is 10.6. The minimum absolute atomic E-state index is 0.0888. The zero-order valence-corrected chi connectivity index (χ0v) is 26.6. The number of ether oxygens (including phenoxy) is 6. The van der Waals surface area contributed by atoms with Gasteiger partial charge in [0, 0.05) is 0 Å². The van der Waals surface area contributed by atoms with Gasteiger partial charge >= 0.3 is 0 Å². The molecule has 2 saturated heterocycles. The lowest BCUT2D eigenvalue weighted by Gasteiger charge is -2.41. The minimum atomic E-state index is -1.67. The molecule has 0 aromatic heterocycles. The van der Waals surface area contributed by atoms with Crippen molar-refractivity contribution >= 4 is 0 Å². The average Bonchev–Trinajstić information content (AvgIpc) is 3.09. The van der Waals surface area contributed by atoms with Crippen molar-refractivity contribution in [3.8, 4) is 23.0 Å². The van der Waals surface area contributed by atoms with Gasteiger partial charge in [-0.1, -0.05) is 12.1 Å². The van der Waals surface area contributed by atoms with Crippen LogP contribution >= 0.6 is 0 Å². The van der Waals surface area contributed by atoms with E-state index in [1.807, 2.05) is 0 Å². The first-order valence-electron chi connectivity index (χ1n) is 15.5. The number of aromatic hydroxyl groups is 2. The summed E-state index contributed by atoms with van der Waals surface area (Å²) in [6.45, 7) is -1.63. The number of methoxy groups -OCH3 is 2.